The molecule has 450 valence electrons. The summed E-state index contributed by atoms with van der Waals surface area (Å²) in [7, 11) is -39.1. The Morgan fingerprint density at radius 3 is 1.68 bits per heavy atom. The number of aromatic nitrogens is 3. The lowest BCUT2D eigenvalue weighted by Crippen LogP contribution is -2.17. The monoisotopic (exact) mass is 1350 g/mol. The van der Waals surface area contributed by atoms with Crippen LogP contribution in [0.25, 0.3) is 21.5 Å². The predicted molar refractivity (Wildman–Crippen MR) is 290 cm³/mol. The van der Waals surface area contributed by atoms with E-state index >= 15 is 0 Å². The first-order valence-electron chi connectivity index (χ1n) is 21.8. The summed E-state index contributed by atoms with van der Waals surface area (Å²) in [5, 5.41) is 26.3. The molecule has 0 fully saturated rings. The van der Waals surface area contributed by atoms with Gasteiger partial charge in [-0.15, -0.1) is 20.5 Å². The number of sulfone groups is 2. The van der Waals surface area contributed by atoms with Crippen LogP contribution in [0.1, 0.15) is 0 Å². The van der Waals surface area contributed by atoms with Crippen molar-refractivity contribution >= 4 is 166 Å². The molecule has 84 heavy (non-hydrogen) atoms. The number of hydrogen-bond donors (Lipinski definition) is 9. The zero-order valence-electron chi connectivity index (χ0n) is 41.2. The maximum absolute atomic E-state index is 12.9. The van der Waals surface area contributed by atoms with Crippen LogP contribution < -0.4 is 16.0 Å². The summed E-state index contributed by atoms with van der Waals surface area (Å²) in [4.78, 5) is 7.60. The van der Waals surface area contributed by atoms with Gasteiger partial charge in [0.2, 0.25) is 17.2 Å². The molecule has 0 unspecified atom stereocenters. The largest absolute Gasteiger partial charge is 0.505 e. The molecule has 0 saturated carbocycles. The fraction of sp³-hybridized carbons (Fsp3) is 0.125. The zero-order chi connectivity index (χ0) is 62.5. The highest BCUT2D eigenvalue weighted by atomic mass is 35.5. The molecule has 0 aliphatic rings. The van der Waals surface area contributed by atoms with Crippen LogP contribution >= 0.6 is 11.6 Å². The van der Waals surface area contributed by atoms with Crippen molar-refractivity contribution in [2.45, 2.75) is 29.4 Å². The normalized spacial score (nSPS) is 13.3. The summed E-state index contributed by atoms with van der Waals surface area (Å²) in [5.74, 6) is -3.98. The Kier molecular flexibility index (Phi) is 17.9. The number of hydrogen-bond acceptors (Lipinski definition) is 29. The van der Waals surface area contributed by atoms with Crippen LogP contribution in [0, 0.1) is 0 Å². The molecule has 35 nitrogen and oxygen atoms in total. The summed E-state index contributed by atoms with van der Waals surface area (Å²) < 4.78 is 264. The van der Waals surface area contributed by atoms with E-state index in [0.717, 1.165) is 54.6 Å². The third-order valence-electron chi connectivity index (χ3n) is 11.0. The number of benzene rings is 6. The van der Waals surface area contributed by atoms with Crippen molar-refractivity contribution in [3.05, 3.63) is 90.2 Å². The molecule has 0 spiro atoms. The number of phenolic OH excluding ortho intramolecular Hbond substituents is 1. The van der Waals surface area contributed by atoms with Crippen LogP contribution in [-0.4, -0.2) is 146 Å². The maximum atomic E-state index is 12.9. The van der Waals surface area contributed by atoms with Gasteiger partial charge in [0.25, 0.3) is 40.5 Å². The number of fused-ring (bicyclic) bond motifs is 2. The Balaban J connectivity index is 1.29. The molecule has 0 aliphatic carbocycles. The average Bonchev–Trinajstić information content (AvgIpc) is 1.46. The summed E-state index contributed by atoms with van der Waals surface area (Å²) in [5.41, 5.74) is 1.02. The van der Waals surface area contributed by atoms with Gasteiger partial charge in [-0.3, -0.25) is 27.3 Å². The lowest BCUT2D eigenvalue weighted by Gasteiger charge is -2.19. The fourth-order valence-corrected chi connectivity index (χ4v) is 13.4. The lowest BCUT2D eigenvalue weighted by molar-refractivity contribution is 0.282. The second-order valence-electron chi connectivity index (χ2n) is 16.6. The van der Waals surface area contributed by atoms with Gasteiger partial charge in [-0.25, -0.2) is 25.2 Å². The minimum atomic E-state index is -5.61. The number of azo groups is 2. The zero-order valence-corrected chi connectivity index (χ0v) is 48.5. The van der Waals surface area contributed by atoms with Crippen molar-refractivity contribution in [1.29, 1.82) is 0 Å². The van der Waals surface area contributed by atoms with Gasteiger partial charge in [-0.1, -0.05) is 18.2 Å². The minimum Gasteiger partial charge on any atom is -0.505 e. The molecule has 7 rings (SSSR count). The first kappa shape index (κ1) is 64.4. The molecule has 1 aromatic heterocycles. The Morgan fingerprint density at radius 2 is 1.12 bits per heavy atom. The van der Waals surface area contributed by atoms with Gasteiger partial charge in [0, 0.05) is 23.8 Å². The van der Waals surface area contributed by atoms with E-state index in [1.165, 1.54) is 30.1 Å². The van der Waals surface area contributed by atoms with Crippen LogP contribution in [0.5, 0.6) is 5.75 Å². The van der Waals surface area contributed by atoms with Crippen molar-refractivity contribution in [3.8, 4) is 5.75 Å². The van der Waals surface area contributed by atoms with Crippen molar-refractivity contribution in [1.82, 2.24) is 15.0 Å². The van der Waals surface area contributed by atoms with Gasteiger partial charge < -0.3 is 21.1 Å². The Hall–Kier alpha value is -7.18. The SMILES string of the molecule is CN(c1cccc(S(=O)(=O)CCOS(=O)(=O)O)c1)c1nc(Cl)nc(Nc2ccc(S(=O)(=O)O)c(N=Nc3c(S(=O)(=O)O)cc4cc(S(=O)(=O)O)c(N=Nc5ccc6cc(S(=O)(=O)CCOS(=O)(=O)O)ccc6c5S(=O)(=O)O)c(N)c4c3O)c2)n1. The minimum absolute atomic E-state index is 0.101. The number of nitrogen functional groups attached to an aromatic ring is 1. The van der Waals surface area contributed by atoms with Crippen LogP contribution in [0.15, 0.2) is 135 Å². The highest BCUT2D eigenvalue weighted by Crippen LogP contribution is 2.49. The number of halogens is 1. The number of nitrogens with two attached hydrogens (primary N) is 1. The summed E-state index contributed by atoms with van der Waals surface area (Å²) in [6.45, 7) is -1.96. The van der Waals surface area contributed by atoms with Crippen molar-refractivity contribution in [2.24, 2.45) is 20.5 Å². The van der Waals surface area contributed by atoms with E-state index in [1.807, 2.05) is 0 Å². The van der Waals surface area contributed by atoms with E-state index in [-0.39, 0.29) is 27.6 Å². The van der Waals surface area contributed by atoms with Gasteiger partial charge >= 0.3 is 20.8 Å². The van der Waals surface area contributed by atoms with Crippen LogP contribution in [-0.2, 0) is 89.3 Å². The molecular formula is C40H35ClN10O25S8. The van der Waals surface area contributed by atoms with E-state index in [4.69, 9.17) is 26.4 Å². The summed E-state index contributed by atoms with van der Waals surface area (Å²) >= 11 is 6.19. The molecule has 0 saturated heterocycles. The maximum Gasteiger partial charge on any atom is 0.397 e. The van der Waals surface area contributed by atoms with Crippen LogP contribution in [0.3, 0.4) is 0 Å². The Morgan fingerprint density at radius 1 is 0.571 bits per heavy atom. The van der Waals surface area contributed by atoms with Crippen LogP contribution in [0.2, 0.25) is 5.28 Å². The molecule has 6 aromatic carbocycles. The van der Waals surface area contributed by atoms with Crippen molar-refractivity contribution in [2.75, 3.05) is 47.7 Å². The highest BCUT2D eigenvalue weighted by Gasteiger charge is 2.30. The standard InChI is InChI=1S/C40H35ClN10O25S8/c1-51(23-3-2-4-24(19-23)77(53,54)13-11-75-83(69,70)71)40-45-38(41)44-39(46-40)43-22-6-10-29(79(57,58)59)28(18-22)48-50-35-31(81(63,64)65)17-21-16-30(80(60,61)62)34(33(42)32(21)36(35)52)49-47-27-9-5-20-15-25(7-8-26(20)37(27)82(66,67)68)78(55,56)14-12-76-84(72,73)74/h2-10,15-19,52H,11-14,42H2,1H3,(H,57,58,59)(H,60,61,62)(H,63,64,65)(H,66,67,68)(H,69,70,71)(H,72,73,74)(H,43,44,45,46). The lowest BCUT2D eigenvalue weighted by atomic mass is 10.1. The first-order valence-corrected chi connectivity index (χ1v) is 34.0. The molecule has 0 amide bonds. The van der Waals surface area contributed by atoms with Crippen molar-refractivity contribution in [3.63, 3.8) is 0 Å². The molecule has 7 aromatic rings. The third kappa shape index (κ3) is 15.2. The number of nitrogens with one attached hydrogen (secondary N) is 1. The summed E-state index contributed by atoms with van der Waals surface area (Å²) in [6.07, 6.45) is 0. The molecule has 0 radical (unpaired) electrons. The quantitative estimate of drug-likeness (QED) is 0.0254. The second kappa shape index (κ2) is 23.4. The van der Waals surface area contributed by atoms with E-state index in [1.54, 1.807) is 0 Å². The topological polar surface area (TPSA) is 563 Å². The van der Waals surface area contributed by atoms with Gasteiger partial charge in [-0.2, -0.15) is 65.5 Å². The Bertz CT molecular complexity index is 4930. The molecule has 1 heterocycles. The van der Waals surface area contributed by atoms with Gasteiger partial charge in [-0.05, 0) is 89.1 Å². The van der Waals surface area contributed by atoms with Gasteiger partial charge in [0.15, 0.2) is 25.4 Å². The molecule has 0 aliphatic heterocycles. The Labute approximate surface area is 479 Å². The number of rotatable bonds is 22. The molecule has 10 N–H and O–H groups in total. The average molecular weight is 1350 g/mol. The first-order chi connectivity index (χ1) is 38.5. The highest BCUT2D eigenvalue weighted by molar-refractivity contribution is 7.92. The number of anilines is 5. The van der Waals surface area contributed by atoms with E-state index < -0.39 is 192 Å². The fourth-order valence-electron chi connectivity index (χ4n) is 7.42. The molecule has 0 atom stereocenters. The van der Waals surface area contributed by atoms with Gasteiger partial charge in [0.1, 0.15) is 42.3 Å². The third-order valence-corrected chi connectivity index (χ3v) is 19.1. The number of phenols is 1. The van der Waals surface area contributed by atoms with Gasteiger partial charge in [0.05, 0.1) is 45.6 Å². The van der Waals surface area contributed by atoms with Crippen molar-refractivity contribution < 1.29 is 108 Å². The van der Waals surface area contributed by atoms with Crippen LogP contribution in [0.4, 0.5) is 51.7 Å². The molecule has 44 heteroatoms. The van der Waals surface area contributed by atoms with E-state index in [2.05, 4.69) is 49.1 Å². The molecule has 0 bridgehead atoms. The molecular weight excluding hydrogens is 1310 g/mol. The second-order valence-corrected chi connectivity index (χ2v) is 28.9. The smallest absolute Gasteiger partial charge is 0.397 e. The summed E-state index contributed by atoms with van der Waals surface area (Å²) in [6, 6.07) is 12.9. The number of nitrogens with zero attached hydrogens (tertiary/aromatic N) is 8. The van der Waals surface area contributed by atoms with E-state index in [0.29, 0.717) is 12.1 Å². The predicted octanol–water partition coefficient (Wildman–Crippen LogP) is 4.63. The number of aromatic hydroxyl groups is 1. The van der Waals surface area contributed by atoms with E-state index in [9.17, 15) is 90.7 Å².